The van der Waals surface area contributed by atoms with Crippen molar-refractivity contribution in [3.63, 3.8) is 0 Å². The first kappa shape index (κ1) is 18.8. The van der Waals surface area contributed by atoms with E-state index in [4.69, 9.17) is 4.74 Å². The number of piperazine rings is 1. The Morgan fingerprint density at radius 1 is 0.962 bits per heavy atom. The van der Waals surface area contributed by atoms with Crippen LogP contribution in [-0.2, 0) is 13.1 Å². The lowest BCUT2D eigenvalue weighted by Gasteiger charge is -2.34. The molecule has 1 aliphatic heterocycles. The SMILES string of the molecule is COc1ccc(CNCCN2CCN(Cc3ccccc3)CC2)cc1F. The molecular weight excluding hydrogens is 329 g/mol. The second-order valence-corrected chi connectivity index (χ2v) is 6.75. The van der Waals surface area contributed by atoms with Gasteiger partial charge in [0.2, 0.25) is 0 Å². The molecule has 1 fully saturated rings. The lowest BCUT2D eigenvalue weighted by atomic mass is 10.2. The van der Waals surface area contributed by atoms with E-state index in [9.17, 15) is 4.39 Å². The average Bonchev–Trinajstić information content (AvgIpc) is 2.67. The van der Waals surface area contributed by atoms with E-state index in [1.165, 1.54) is 18.7 Å². The van der Waals surface area contributed by atoms with Gasteiger partial charge in [0.25, 0.3) is 0 Å². The molecule has 1 N–H and O–H groups in total. The molecule has 140 valence electrons. The molecule has 3 rings (SSSR count). The van der Waals surface area contributed by atoms with Crippen LogP contribution in [0.5, 0.6) is 5.75 Å². The summed E-state index contributed by atoms with van der Waals surface area (Å²) in [4.78, 5) is 5.00. The molecule has 0 spiro atoms. The van der Waals surface area contributed by atoms with E-state index in [1.807, 2.05) is 6.07 Å². The van der Waals surface area contributed by atoms with Crippen molar-refractivity contribution in [3.05, 3.63) is 65.5 Å². The van der Waals surface area contributed by atoms with E-state index >= 15 is 0 Å². The summed E-state index contributed by atoms with van der Waals surface area (Å²) in [6.45, 7) is 8.07. The average molecular weight is 357 g/mol. The fourth-order valence-corrected chi connectivity index (χ4v) is 3.30. The van der Waals surface area contributed by atoms with E-state index in [1.54, 1.807) is 6.07 Å². The van der Waals surface area contributed by atoms with Gasteiger partial charge in [0.15, 0.2) is 11.6 Å². The molecule has 4 nitrogen and oxygen atoms in total. The zero-order chi connectivity index (χ0) is 18.2. The smallest absolute Gasteiger partial charge is 0.165 e. The standard InChI is InChI=1S/C21H28FN3O/c1-26-21-8-7-19(15-20(21)22)16-23-9-10-24-11-13-25(14-12-24)17-18-5-3-2-4-6-18/h2-8,15,23H,9-14,16-17H2,1H3. The number of halogens is 1. The highest BCUT2D eigenvalue weighted by Crippen LogP contribution is 2.17. The molecule has 1 aliphatic rings. The Morgan fingerprint density at radius 3 is 2.38 bits per heavy atom. The Morgan fingerprint density at radius 2 is 1.69 bits per heavy atom. The fraction of sp³-hybridized carbons (Fsp3) is 0.429. The highest BCUT2D eigenvalue weighted by Gasteiger charge is 2.16. The van der Waals surface area contributed by atoms with Crippen LogP contribution in [0.25, 0.3) is 0 Å². The van der Waals surface area contributed by atoms with Crippen molar-refractivity contribution in [1.29, 1.82) is 0 Å². The minimum atomic E-state index is -0.304. The van der Waals surface area contributed by atoms with Crippen LogP contribution in [0.1, 0.15) is 11.1 Å². The molecule has 2 aromatic rings. The first-order valence-electron chi connectivity index (χ1n) is 9.26. The van der Waals surface area contributed by atoms with Crippen LogP contribution in [0.4, 0.5) is 4.39 Å². The zero-order valence-electron chi connectivity index (χ0n) is 15.5. The number of nitrogens with one attached hydrogen (secondary N) is 1. The number of benzene rings is 2. The summed E-state index contributed by atoms with van der Waals surface area (Å²) in [5.74, 6) is -0.0107. The van der Waals surface area contributed by atoms with Gasteiger partial charge in [-0.05, 0) is 23.3 Å². The van der Waals surface area contributed by atoms with Crippen molar-refractivity contribution in [3.8, 4) is 5.75 Å². The van der Waals surface area contributed by atoms with Gasteiger partial charge in [-0.25, -0.2) is 4.39 Å². The van der Waals surface area contributed by atoms with Crippen molar-refractivity contribution in [1.82, 2.24) is 15.1 Å². The second kappa shape index (κ2) is 9.67. The van der Waals surface area contributed by atoms with E-state index in [2.05, 4.69) is 45.4 Å². The number of ether oxygens (including phenoxy) is 1. The zero-order valence-corrected chi connectivity index (χ0v) is 15.5. The topological polar surface area (TPSA) is 27.7 Å². The molecule has 0 saturated carbocycles. The molecule has 2 aromatic carbocycles. The van der Waals surface area contributed by atoms with Crippen LogP contribution in [0.15, 0.2) is 48.5 Å². The van der Waals surface area contributed by atoms with Crippen LogP contribution in [0, 0.1) is 5.82 Å². The van der Waals surface area contributed by atoms with Crippen LogP contribution in [0.3, 0.4) is 0 Å². The highest BCUT2D eigenvalue weighted by molar-refractivity contribution is 5.29. The summed E-state index contributed by atoms with van der Waals surface area (Å²) >= 11 is 0. The van der Waals surface area contributed by atoms with Crippen LogP contribution in [-0.4, -0.2) is 56.2 Å². The van der Waals surface area contributed by atoms with Gasteiger partial charge in [0, 0.05) is 52.4 Å². The number of hydrogen-bond acceptors (Lipinski definition) is 4. The number of hydrogen-bond donors (Lipinski definition) is 1. The number of methoxy groups -OCH3 is 1. The van der Waals surface area contributed by atoms with Crippen LogP contribution >= 0.6 is 0 Å². The molecule has 0 atom stereocenters. The Bertz CT molecular complexity index is 672. The third-order valence-corrected chi connectivity index (χ3v) is 4.86. The van der Waals surface area contributed by atoms with Crippen molar-refractivity contribution >= 4 is 0 Å². The largest absolute Gasteiger partial charge is 0.494 e. The van der Waals surface area contributed by atoms with Gasteiger partial charge in [-0.1, -0.05) is 36.4 Å². The normalized spacial score (nSPS) is 15.9. The van der Waals surface area contributed by atoms with Gasteiger partial charge in [-0.3, -0.25) is 9.80 Å². The summed E-state index contributed by atoms with van der Waals surface area (Å²) in [5, 5.41) is 3.40. The molecule has 1 heterocycles. The summed E-state index contributed by atoms with van der Waals surface area (Å²) in [6.07, 6.45) is 0. The van der Waals surface area contributed by atoms with E-state index in [0.717, 1.165) is 51.4 Å². The molecule has 0 bridgehead atoms. The molecule has 5 heteroatoms. The Kier molecular flexibility index (Phi) is 7.00. The predicted molar refractivity (Wildman–Crippen MR) is 103 cm³/mol. The lowest BCUT2D eigenvalue weighted by Crippen LogP contribution is -2.47. The van der Waals surface area contributed by atoms with Crippen molar-refractivity contribution in [2.75, 3.05) is 46.4 Å². The molecule has 0 amide bonds. The molecule has 1 saturated heterocycles. The van der Waals surface area contributed by atoms with Crippen LogP contribution < -0.4 is 10.1 Å². The molecule has 0 radical (unpaired) electrons. The van der Waals surface area contributed by atoms with Gasteiger partial charge in [0.1, 0.15) is 0 Å². The maximum Gasteiger partial charge on any atom is 0.165 e. The summed E-state index contributed by atoms with van der Waals surface area (Å²) < 4.78 is 18.6. The van der Waals surface area contributed by atoms with E-state index in [-0.39, 0.29) is 5.82 Å². The Balaban J connectivity index is 1.32. The predicted octanol–water partition coefficient (Wildman–Crippen LogP) is 2.74. The third-order valence-electron chi connectivity index (χ3n) is 4.86. The molecule has 0 aromatic heterocycles. The van der Waals surface area contributed by atoms with Gasteiger partial charge in [0.05, 0.1) is 7.11 Å². The maximum atomic E-state index is 13.7. The molecule has 0 aliphatic carbocycles. The summed E-state index contributed by atoms with van der Waals surface area (Å²) in [6, 6.07) is 15.8. The molecule has 0 unspecified atom stereocenters. The van der Waals surface area contributed by atoms with Gasteiger partial charge < -0.3 is 10.1 Å². The minimum absolute atomic E-state index is 0.294. The third kappa shape index (κ3) is 5.53. The van der Waals surface area contributed by atoms with Gasteiger partial charge >= 0.3 is 0 Å². The minimum Gasteiger partial charge on any atom is -0.494 e. The number of nitrogens with zero attached hydrogens (tertiary/aromatic N) is 2. The summed E-state index contributed by atoms with van der Waals surface area (Å²) in [5.41, 5.74) is 2.32. The Labute approximate surface area is 155 Å². The van der Waals surface area contributed by atoms with E-state index < -0.39 is 0 Å². The van der Waals surface area contributed by atoms with Gasteiger partial charge in [-0.2, -0.15) is 0 Å². The van der Waals surface area contributed by atoms with Gasteiger partial charge in [-0.15, -0.1) is 0 Å². The quantitative estimate of drug-likeness (QED) is 0.735. The number of rotatable bonds is 8. The second-order valence-electron chi connectivity index (χ2n) is 6.75. The maximum absolute atomic E-state index is 13.7. The van der Waals surface area contributed by atoms with E-state index in [0.29, 0.717) is 12.3 Å². The first-order valence-corrected chi connectivity index (χ1v) is 9.26. The molecule has 26 heavy (non-hydrogen) atoms. The fourth-order valence-electron chi connectivity index (χ4n) is 3.30. The first-order chi connectivity index (χ1) is 12.7. The molecular formula is C21H28FN3O. The van der Waals surface area contributed by atoms with Crippen LogP contribution in [0.2, 0.25) is 0 Å². The van der Waals surface area contributed by atoms with Crippen molar-refractivity contribution in [2.45, 2.75) is 13.1 Å². The van der Waals surface area contributed by atoms with Crippen molar-refractivity contribution in [2.24, 2.45) is 0 Å². The Hall–Kier alpha value is -1.95. The summed E-state index contributed by atoms with van der Waals surface area (Å²) in [7, 11) is 1.48. The monoisotopic (exact) mass is 357 g/mol. The lowest BCUT2D eigenvalue weighted by molar-refractivity contribution is 0.127. The van der Waals surface area contributed by atoms with Crippen molar-refractivity contribution < 1.29 is 9.13 Å². The highest BCUT2D eigenvalue weighted by atomic mass is 19.1.